The maximum absolute atomic E-state index is 11.6. The molecule has 0 bridgehead atoms. The van der Waals surface area contributed by atoms with Crippen LogP contribution < -0.4 is 0 Å². The SMILES string of the molecule is CC/C=C\C/C=C\C[C@H](O)/C=C/[C@@H](O)[C@@H]1C[C@H]1[C@H]1CCCCC(=O)O1. The van der Waals surface area contributed by atoms with Gasteiger partial charge in [-0.3, -0.25) is 4.79 Å². The normalized spacial score (nSPS) is 29.9. The Morgan fingerprint density at radius 1 is 1.16 bits per heavy atom. The highest BCUT2D eigenvalue weighted by molar-refractivity contribution is 5.69. The fraction of sp³-hybridized carbons (Fsp3) is 0.667. The quantitative estimate of drug-likeness (QED) is 0.493. The molecule has 1 saturated heterocycles. The third-order valence-corrected chi connectivity index (χ3v) is 4.96. The lowest BCUT2D eigenvalue weighted by Gasteiger charge is -2.15. The summed E-state index contributed by atoms with van der Waals surface area (Å²) >= 11 is 0. The van der Waals surface area contributed by atoms with Crippen molar-refractivity contribution in [1.29, 1.82) is 0 Å². The van der Waals surface area contributed by atoms with Gasteiger partial charge >= 0.3 is 5.97 Å². The summed E-state index contributed by atoms with van der Waals surface area (Å²) in [5, 5.41) is 20.2. The third kappa shape index (κ3) is 7.17. The van der Waals surface area contributed by atoms with Crippen LogP contribution in [0.5, 0.6) is 0 Å². The number of rotatable bonds is 9. The number of hydrogen-bond acceptors (Lipinski definition) is 4. The predicted octanol–water partition coefficient (Wildman–Crippen LogP) is 3.69. The summed E-state index contributed by atoms with van der Waals surface area (Å²) in [6.07, 6.45) is 17.1. The number of esters is 1. The van der Waals surface area contributed by atoms with Crippen LogP contribution in [0.1, 0.15) is 58.3 Å². The molecule has 25 heavy (non-hydrogen) atoms. The third-order valence-electron chi connectivity index (χ3n) is 4.96. The van der Waals surface area contributed by atoms with E-state index in [1.165, 1.54) is 0 Å². The number of carbonyl (C=O) groups is 1. The molecule has 1 saturated carbocycles. The van der Waals surface area contributed by atoms with Gasteiger partial charge in [-0.1, -0.05) is 43.4 Å². The van der Waals surface area contributed by atoms with Crippen LogP contribution in [0.2, 0.25) is 0 Å². The lowest BCUT2D eigenvalue weighted by Crippen LogP contribution is -2.21. The maximum Gasteiger partial charge on any atom is 0.306 e. The molecule has 1 heterocycles. The summed E-state index contributed by atoms with van der Waals surface area (Å²) in [6.45, 7) is 2.10. The lowest BCUT2D eigenvalue weighted by atomic mass is 10.0. The van der Waals surface area contributed by atoms with Crippen molar-refractivity contribution in [2.24, 2.45) is 11.8 Å². The number of ether oxygens (including phenoxy) is 1. The molecule has 2 aliphatic rings. The number of cyclic esters (lactones) is 1. The lowest BCUT2D eigenvalue weighted by molar-refractivity contribution is -0.149. The summed E-state index contributed by atoms with van der Waals surface area (Å²) in [4.78, 5) is 11.6. The zero-order valence-electron chi connectivity index (χ0n) is 15.2. The van der Waals surface area contributed by atoms with Gasteiger partial charge < -0.3 is 14.9 Å². The van der Waals surface area contributed by atoms with E-state index in [2.05, 4.69) is 19.1 Å². The van der Waals surface area contributed by atoms with Crippen molar-refractivity contribution in [2.75, 3.05) is 0 Å². The molecule has 140 valence electrons. The van der Waals surface area contributed by atoms with Crippen LogP contribution in [0, 0.1) is 11.8 Å². The average Bonchev–Trinajstić information content (AvgIpc) is 3.40. The van der Waals surface area contributed by atoms with Gasteiger partial charge in [-0.2, -0.15) is 0 Å². The highest BCUT2D eigenvalue weighted by atomic mass is 16.5. The minimum absolute atomic E-state index is 0.0351. The van der Waals surface area contributed by atoms with Gasteiger partial charge in [0, 0.05) is 12.3 Å². The van der Waals surface area contributed by atoms with Gasteiger partial charge in [0.25, 0.3) is 0 Å². The maximum atomic E-state index is 11.6. The van der Waals surface area contributed by atoms with Gasteiger partial charge in [-0.15, -0.1) is 0 Å². The molecule has 0 aromatic carbocycles. The van der Waals surface area contributed by atoms with Gasteiger partial charge in [0.15, 0.2) is 0 Å². The van der Waals surface area contributed by atoms with E-state index >= 15 is 0 Å². The zero-order chi connectivity index (χ0) is 18.1. The highest BCUT2D eigenvalue weighted by Crippen LogP contribution is 2.47. The van der Waals surface area contributed by atoms with E-state index in [1.807, 2.05) is 12.2 Å². The van der Waals surface area contributed by atoms with Crippen LogP contribution in [0.25, 0.3) is 0 Å². The first-order chi connectivity index (χ1) is 12.1. The Bertz CT molecular complexity index is 494. The van der Waals surface area contributed by atoms with Crippen molar-refractivity contribution < 1.29 is 19.7 Å². The number of allylic oxidation sites excluding steroid dienone is 3. The molecule has 2 rings (SSSR count). The number of carbonyl (C=O) groups excluding carboxylic acids is 1. The summed E-state index contributed by atoms with van der Waals surface area (Å²) < 4.78 is 5.50. The van der Waals surface area contributed by atoms with Crippen LogP contribution in [-0.2, 0) is 9.53 Å². The second-order valence-corrected chi connectivity index (χ2v) is 7.10. The first-order valence-electron chi connectivity index (χ1n) is 9.65. The summed E-state index contributed by atoms with van der Waals surface area (Å²) in [5.41, 5.74) is 0. The van der Waals surface area contributed by atoms with Crippen LogP contribution in [0.15, 0.2) is 36.5 Å². The van der Waals surface area contributed by atoms with Gasteiger partial charge in [-0.05, 0) is 50.9 Å². The summed E-state index contributed by atoms with van der Waals surface area (Å²) in [7, 11) is 0. The number of hydrogen-bond donors (Lipinski definition) is 2. The molecule has 0 aromatic heterocycles. The van der Waals surface area contributed by atoms with Crippen molar-refractivity contribution in [3.05, 3.63) is 36.5 Å². The van der Waals surface area contributed by atoms with Crippen LogP contribution in [0.3, 0.4) is 0 Å². The first-order valence-corrected chi connectivity index (χ1v) is 9.65. The van der Waals surface area contributed by atoms with Crippen LogP contribution >= 0.6 is 0 Å². The predicted molar refractivity (Wildman–Crippen MR) is 98.9 cm³/mol. The van der Waals surface area contributed by atoms with Gasteiger partial charge in [0.1, 0.15) is 6.10 Å². The average molecular weight is 348 g/mol. The molecule has 2 N–H and O–H groups in total. The molecular formula is C21H32O4. The molecule has 0 amide bonds. The molecular weight excluding hydrogens is 316 g/mol. The fourth-order valence-corrected chi connectivity index (χ4v) is 3.40. The Morgan fingerprint density at radius 3 is 2.76 bits per heavy atom. The molecule has 0 unspecified atom stereocenters. The van der Waals surface area contributed by atoms with E-state index in [9.17, 15) is 15.0 Å². The van der Waals surface area contributed by atoms with Gasteiger partial charge in [0.2, 0.25) is 0 Å². The first kappa shape index (κ1) is 19.9. The summed E-state index contributed by atoms with van der Waals surface area (Å²) in [5.74, 6) is 0.312. The Hall–Kier alpha value is -1.39. The Labute approximate surface area is 151 Å². The Balaban J connectivity index is 1.69. The molecule has 1 aliphatic carbocycles. The fourth-order valence-electron chi connectivity index (χ4n) is 3.40. The van der Waals surface area contributed by atoms with Crippen molar-refractivity contribution >= 4 is 5.97 Å². The van der Waals surface area contributed by atoms with E-state index in [4.69, 9.17) is 4.74 Å². The van der Waals surface area contributed by atoms with Crippen molar-refractivity contribution in [1.82, 2.24) is 0 Å². The molecule has 4 heteroatoms. The number of aliphatic hydroxyl groups is 2. The Kier molecular flexibility index (Phi) is 8.42. The summed E-state index contributed by atoms with van der Waals surface area (Å²) in [6, 6.07) is 0. The zero-order valence-corrected chi connectivity index (χ0v) is 15.2. The van der Waals surface area contributed by atoms with E-state index in [0.29, 0.717) is 12.8 Å². The highest BCUT2D eigenvalue weighted by Gasteiger charge is 2.48. The van der Waals surface area contributed by atoms with Crippen molar-refractivity contribution in [3.8, 4) is 0 Å². The Morgan fingerprint density at radius 2 is 1.96 bits per heavy atom. The monoisotopic (exact) mass is 348 g/mol. The number of aliphatic hydroxyl groups excluding tert-OH is 2. The molecule has 2 fully saturated rings. The molecule has 0 radical (unpaired) electrons. The minimum Gasteiger partial charge on any atom is -0.462 e. The molecule has 0 aromatic rings. The smallest absolute Gasteiger partial charge is 0.306 e. The standard InChI is InChI=1S/C21H32O4/c1-2-3-4-5-6-7-10-16(22)13-14-19(23)17-15-18(17)20-11-8-9-12-21(24)25-20/h3-4,6-7,13-14,16-20,22-23H,2,5,8-12,15H2,1H3/b4-3-,7-6-,14-13+/t16-,17+,18+,19+,20+/m0/s1. The van der Waals surface area contributed by atoms with Gasteiger partial charge in [0.05, 0.1) is 12.2 Å². The van der Waals surface area contributed by atoms with Crippen molar-refractivity contribution in [3.63, 3.8) is 0 Å². The van der Waals surface area contributed by atoms with Gasteiger partial charge in [-0.25, -0.2) is 0 Å². The van der Waals surface area contributed by atoms with E-state index in [-0.39, 0.29) is 23.9 Å². The minimum atomic E-state index is -0.575. The molecule has 0 spiro atoms. The molecule has 5 atom stereocenters. The van der Waals surface area contributed by atoms with E-state index in [1.54, 1.807) is 12.2 Å². The largest absolute Gasteiger partial charge is 0.462 e. The van der Waals surface area contributed by atoms with Crippen LogP contribution in [0.4, 0.5) is 0 Å². The second kappa shape index (κ2) is 10.6. The van der Waals surface area contributed by atoms with Crippen molar-refractivity contribution in [2.45, 2.75) is 76.6 Å². The molecule has 1 aliphatic heterocycles. The van der Waals surface area contributed by atoms with Crippen LogP contribution in [-0.4, -0.2) is 34.5 Å². The topological polar surface area (TPSA) is 66.8 Å². The molecule has 4 nitrogen and oxygen atoms in total. The van der Waals surface area contributed by atoms with E-state index in [0.717, 1.165) is 38.5 Å². The second-order valence-electron chi connectivity index (χ2n) is 7.10. The van der Waals surface area contributed by atoms with E-state index < -0.39 is 12.2 Å².